The van der Waals surface area contributed by atoms with E-state index in [0.29, 0.717) is 12.1 Å². The van der Waals surface area contributed by atoms with Crippen LogP contribution in [-0.2, 0) is 0 Å². The molecule has 2 aromatic heterocycles. The van der Waals surface area contributed by atoms with Crippen LogP contribution in [0.4, 0.5) is 5.82 Å². The van der Waals surface area contributed by atoms with Gasteiger partial charge in [-0.3, -0.25) is 9.38 Å². The molecule has 2 aliphatic rings. The van der Waals surface area contributed by atoms with Crippen molar-refractivity contribution >= 4 is 23.2 Å². The number of hydrogen-bond donors (Lipinski definition) is 0. The number of anilines is 1. The topological polar surface area (TPSA) is 51.9 Å². The van der Waals surface area contributed by atoms with Gasteiger partial charge in [-0.1, -0.05) is 0 Å². The standard InChI is InChI=1S/C22H26N4O2S/c1-13-12-23-19(17-10-9-16(27-2)11-18(17)28-3)20-24-21(29-4)22(25(13)20)26(14-5-6-14)15-7-8-15/h9-12,14-15H,5-8H2,1-4H3. The lowest BCUT2D eigenvalue weighted by molar-refractivity contribution is 0.395. The Morgan fingerprint density at radius 3 is 2.41 bits per heavy atom. The zero-order valence-corrected chi connectivity index (χ0v) is 18.1. The van der Waals surface area contributed by atoms with Gasteiger partial charge in [0.05, 0.1) is 14.2 Å². The summed E-state index contributed by atoms with van der Waals surface area (Å²) in [7, 11) is 3.34. The zero-order chi connectivity index (χ0) is 20.1. The summed E-state index contributed by atoms with van der Waals surface area (Å²) in [5, 5.41) is 1.08. The van der Waals surface area contributed by atoms with Gasteiger partial charge >= 0.3 is 0 Å². The highest BCUT2D eigenvalue weighted by molar-refractivity contribution is 7.98. The van der Waals surface area contributed by atoms with E-state index in [0.717, 1.165) is 39.1 Å². The highest BCUT2D eigenvalue weighted by atomic mass is 32.2. The third kappa shape index (κ3) is 3.12. The Bertz CT molecular complexity index is 1060. The Labute approximate surface area is 175 Å². The largest absolute Gasteiger partial charge is 0.497 e. The first kappa shape index (κ1) is 18.6. The van der Waals surface area contributed by atoms with E-state index in [4.69, 9.17) is 19.4 Å². The Balaban J connectivity index is 1.74. The molecule has 1 aromatic carbocycles. The Morgan fingerprint density at radius 2 is 1.83 bits per heavy atom. The van der Waals surface area contributed by atoms with Crippen molar-refractivity contribution in [3.8, 4) is 22.8 Å². The molecule has 5 rings (SSSR count). The van der Waals surface area contributed by atoms with E-state index >= 15 is 0 Å². The van der Waals surface area contributed by atoms with Crippen molar-refractivity contribution in [2.24, 2.45) is 0 Å². The first-order chi connectivity index (χ1) is 14.2. The van der Waals surface area contributed by atoms with Crippen LogP contribution in [0.15, 0.2) is 29.4 Å². The number of imidazole rings is 1. The monoisotopic (exact) mass is 410 g/mol. The van der Waals surface area contributed by atoms with Crippen LogP contribution in [0, 0.1) is 6.92 Å². The van der Waals surface area contributed by atoms with Gasteiger partial charge in [-0.25, -0.2) is 4.98 Å². The van der Waals surface area contributed by atoms with Gasteiger partial charge in [-0.15, -0.1) is 11.8 Å². The number of hydrogen-bond acceptors (Lipinski definition) is 6. The zero-order valence-electron chi connectivity index (χ0n) is 17.3. The minimum absolute atomic E-state index is 0.653. The van der Waals surface area contributed by atoms with Crippen molar-refractivity contribution in [1.29, 1.82) is 0 Å². The van der Waals surface area contributed by atoms with Crippen molar-refractivity contribution in [2.45, 2.75) is 49.7 Å². The van der Waals surface area contributed by atoms with Crippen LogP contribution in [0.1, 0.15) is 31.4 Å². The number of methoxy groups -OCH3 is 2. The number of ether oxygens (including phenoxy) is 2. The second-order valence-corrected chi connectivity index (χ2v) is 8.58. The first-order valence-corrected chi connectivity index (χ1v) is 11.3. The maximum atomic E-state index is 5.66. The second-order valence-electron chi connectivity index (χ2n) is 7.79. The summed E-state index contributed by atoms with van der Waals surface area (Å²) in [5.74, 6) is 2.74. The molecule has 0 radical (unpaired) electrons. The average Bonchev–Trinajstić information content (AvgIpc) is 3.67. The van der Waals surface area contributed by atoms with Gasteiger partial charge in [-0.05, 0) is 51.0 Å². The van der Waals surface area contributed by atoms with Crippen LogP contribution < -0.4 is 14.4 Å². The minimum atomic E-state index is 0.653. The van der Waals surface area contributed by atoms with Gasteiger partial charge in [0.1, 0.15) is 28.0 Å². The first-order valence-electron chi connectivity index (χ1n) is 10.1. The van der Waals surface area contributed by atoms with Gasteiger partial charge in [0, 0.05) is 35.6 Å². The Kier molecular flexibility index (Phi) is 4.57. The summed E-state index contributed by atoms with van der Waals surface area (Å²) < 4.78 is 13.3. The SMILES string of the molecule is COc1ccc(-c2ncc(C)n3c(N(C4CC4)C4CC4)c(SC)nc23)c(OC)c1. The molecule has 152 valence electrons. The van der Waals surface area contributed by atoms with Crippen molar-refractivity contribution in [3.63, 3.8) is 0 Å². The second kappa shape index (κ2) is 7.13. The molecule has 2 saturated carbocycles. The fraction of sp³-hybridized carbons (Fsp3) is 0.455. The lowest BCUT2D eigenvalue weighted by atomic mass is 10.1. The highest BCUT2D eigenvalue weighted by Gasteiger charge is 2.42. The summed E-state index contributed by atoms with van der Waals surface area (Å²) in [6.45, 7) is 2.11. The summed E-state index contributed by atoms with van der Waals surface area (Å²) in [6.07, 6.45) is 9.17. The number of benzene rings is 1. The summed E-state index contributed by atoms with van der Waals surface area (Å²) >= 11 is 1.72. The van der Waals surface area contributed by atoms with E-state index in [2.05, 4.69) is 22.5 Å². The molecule has 7 heteroatoms. The highest BCUT2D eigenvalue weighted by Crippen LogP contribution is 2.45. The molecule has 29 heavy (non-hydrogen) atoms. The van der Waals surface area contributed by atoms with Crippen LogP contribution >= 0.6 is 11.8 Å². The number of nitrogens with zero attached hydrogens (tertiary/aromatic N) is 4. The maximum Gasteiger partial charge on any atom is 0.166 e. The van der Waals surface area contributed by atoms with Crippen LogP contribution in [-0.4, -0.2) is 46.9 Å². The molecule has 6 nitrogen and oxygen atoms in total. The number of rotatable bonds is 7. The van der Waals surface area contributed by atoms with Crippen LogP contribution in [0.3, 0.4) is 0 Å². The quantitative estimate of drug-likeness (QED) is 0.532. The third-order valence-corrected chi connectivity index (χ3v) is 6.41. The van der Waals surface area contributed by atoms with Gasteiger partial charge in [-0.2, -0.15) is 0 Å². The van der Waals surface area contributed by atoms with Crippen molar-refractivity contribution in [2.75, 3.05) is 25.4 Å². The summed E-state index contributed by atoms with van der Waals surface area (Å²) in [5.41, 5.74) is 3.75. The molecule has 3 aromatic rings. The van der Waals surface area contributed by atoms with Crippen molar-refractivity contribution in [3.05, 3.63) is 30.1 Å². The van der Waals surface area contributed by atoms with E-state index in [1.807, 2.05) is 24.4 Å². The molecule has 2 aliphatic carbocycles. The van der Waals surface area contributed by atoms with Gasteiger partial charge in [0.25, 0.3) is 0 Å². The molecule has 0 atom stereocenters. The fourth-order valence-corrected chi connectivity index (χ4v) is 4.61. The maximum absolute atomic E-state index is 5.66. The predicted octanol–water partition coefficient (Wildman–Crippen LogP) is 4.58. The fourth-order valence-electron chi connectivity index (χ4n) is 4.05. The van der Waals surface area contributed by atoms with Crippen LogP contribution in [0.2, 0.25) is 0 Å². The molecule has 0 unspecified atom stereocenters. The van der Waals surface area contributed by atoms with E-state index < -0.39 is 0 Å². The van der Waals surface area contributed by atoms with Crippen LogP contribution in [0.25, 0.3) is 16.9 Å². The van der Waals surface area contributed by atoms with E-state index in [1.165, 1.54) is 31.5 Å². The molecule has 0 amide bonds. The number of fused-ring (bicyclic) bond motifs is 1. The summed E-state index contributed by atoms with van der Waals surface area (Å²) in [6, 6.07) is 7.14. The van der Waals surface area contributed by atoms with Gasteiger partial charge in [0.15, 0.2) is 5.65 Å². The lowest BCUT2D eigenvalue weighted by Gasteiger charge is -2.25. The number of aryl methyl sites for hydroxylation is 1. The molecule has 0 aliphatic heterocycles. The Morgan fingerprint density at radius 1 is 1.10 bits per heavy atom. The molecule has 0 saturated heterocycles. The van der Waals surface area contributed by atoms with Crippen LogP contribution in [0.5, 0.6) is 11.5 Å². The smallest absolute Gasteiger partial charge is 0.166 e. The van der Waals surface area contributed by atoms with Crippen molar-refractivity contribution in [1.82, 2.24) is 14.4 Å². The molecular weight excluding hydrogens is 384 g/mol. The van der Waals surface area contributed by atoms with Gasteiger partial charge in [0.2, 0.25) is 0 Å². The van der Waals surface area contributed by atoms with E-state index in [9.17, 15) is 0 Å². The number of thioether (sulfide) groups is 1. The molecule has 0 N–H and O–H groups in total. The third-order valence-electron chi connectivity index (χ3n) is 5.75. The molecule has 2 fully saturated rings. The minimum Gasteiger partial charge on any atom is -0.497 e. The Hall–Kier alpha value is -2.41. The van der Waals surface area contributed by atoms with E-state index in [1.54, 1.807) is 26.0 Å². The van der Waals surface area contributed by atoms with Gasteiger partial charge < -0.3 is 14.4 Å². The molecule has 0 bridgehead atoms. The molecule has 2 heterocycles. The molecular formula is C22H26N4O2S. The molecule has 0 spiro atoms. The van der Waals surface area contributed by atoms with E-state index in [-0.39, 0.29) is 0 Å². The van der Waals surface area contributed by atoms with Crippen molar-refractivity contribution < 1.29 is 9.47 Å². The predicted molar refractivity (Wildman–Crippen MR) is 117 cm³/mol. The number of aromatic nitrogens is 3. The lowest BCUT2D eigenvalue weighted by Crippen LogP contribution is -2.30. The average molecular weight is 411 g/mol. The summed E-state index contributed by atoms with van der Waals surface area (Å²) in [4.78, 5) is 12.5. The normalized spacial score (nSPS) is 16.3.